The highest BCUT2D eigenvalue weighted by atomic mass is 16.3. The van der Waals surface area contributed by atoms with E-state index in [1.807, 2.05) is 54.4 Å². The van der Waals surface area contributed by atoms with Gasteiger partial charge in [0.15, 0.2) is 0 Å². The molecule has 0 amide bonds. The van der Waals surface area contributed by atoms with Crippen molar-refractivity contribution in [2.24, 2.45) is 0 Å². The van der Waals surface area contributed by atoms with Crippen molar-refractivity contribution in [2.45, 2.75) is 0 Å². The summed E-state index contributed by atoms with van der Waals surface area (Å²) in [5, 5.41) is 9.38. The number of benzene rings is 2. The van der Waals surface area contributed by atoms with Gasteiger partial charge in [0, 0.05) is 24.5 Å². The number of nitrogens with zero attached hydrogens (tertiary/aromatic N) is 1. The molecule has 1 N–H and O–H groups in total. The van der Waals surface area contributed by atoms with Crippen LogP contribution in [0, 0.1) is 0 Å². The second kappa shape index (κ2) is 4.05. The van der Waals surface area contributed by atoms with E-state index in [-0.39, 0.29) is 5.75 Å². The maximum absolute atomic E-state index is 9.38. The second-order valence-electron chi connectivity index (χ2n) is 3.41. The predicted octanol–water partition coefficient (Wildman–Crippen LogP) is 3.16. The smallest absolute Gasteiger partial charge is 0.117 e. The molecule has 0 aliphatic heterocycles. The van der Waals surface area contributed by atoms with Crippen LogP contribution in [-0.2, 0) is 0 Å². The Bertz CT molecular complexity index is 439. The molecule has 2 nitrogen and oxygen atoms in total. The van der Waals surface area contributed by atoms with E-state index in [0.717, 1.165) is 11.4 Å². The summed E-state index contributed by atoms with van der Waals surface area (Å²) in [5.74, 6) is 0.287. The van der Waals surface area contributed by atoms with Crippen LogP contribution in [-0.4, -0.2) is 12.2 Å². The van der Waals surface area contributed by atoms with Crippen molar-refractivity contribution in [2.75, 3.05) is 11.9 Å². The molecular formula is C13H13NO. The molecule has 15 heavy (non-hydrogen) atoms. The number of anilines is 2. The van der Waals surface area contributed by atoms with E-state index in [4.69, 9.17) is 0 Å². The second-order valence-corrected chi connectivity index (χ2v) is 3.41. The number of rotatable bonds is 2. The van der Waals surface area contributed by atoms with Crippen LogP contribution in [0.3, 0.4) is 0 Å². The van der Waals surface area contributed by atoms with Crippen molar-refractivity contribution < 1.29 is 5.11 Å². The van der Waals surface area contributed by atoms with E-state index >= 15 is 0 Å². The summed E-state index contributed by atoms with van der Waals surface area (Å²) in [6, 6.07) is 17.3. The highest BCUT2D eigenvalue weighted by Gasteiger charge is 2.02. The molecule has 0 spiro atoms. The third kappa shape index (κ3) is 2.10. The van der Waals surface area contributed by atoms with Crippen molar-refractivity contribution in [1.29, 1.82) is 0 Å². The number of phenols is 1. The van der Waals surface area contributed by atoms with Gasteiger partial charge in [-0.15, -0.1) is 0 Å². The SMILES string of the molecule is CN(c1ccccc1)c1cccc(O)c1. The van der Waals surface area contributed by atoms with Crippen LogP contribution >= 0.6 is 0 Å². The summed E-state index contributed by atoms with van der Waals surface area (Å²) in [4.78, 5) is 2.03. The van der Waals surface area contributed by atoms with E-state index in [2.05, 4.69) is 0 Å². The minimum atomic E-state index is 0.287. The summed E-state index contributed by atoms with van der Waals surface area (Å²) < 4.78 is 0. The first-order valence-corrected chi connectivity index (χ1v) is 4.85. The minimum Gasteiger partial charge on any atom is -0.508 e. The van der Waals surface area contributed by atoms with Gasteiger partial charge in [0.05, 0.1) is 0 Å². The molecular weight excluding hydrogens is 186 g/mol. The van der Waals surface area contributed by atoms with Crippen LogP contribution in [0.4, 0.5) is 11.4 Å². The summed E-state index contributed by atoms with van der Waals surface area (Å²) in [6.07, 6.45) is 0. The molecule has 2 aromatic carbocycles. The van der Waals surface area contributed by atoms with Gasteiger partial charge in [0.25, 0.3) is 0 Å². The van der Waals surface area contributed by atoms with Crippen molar-refractivity contribution in [3.63, 3.8) is 0 Å². The molecule has 0 fully saturated rings. The van der Waals surface area contributed by atoms with Gasteiger partial charge in [0.2, 0.25) is 0 Å². The lowest BCUT2D eigenvalue weighted by Gasteiger charge is -2.19. The first kappa shape index (κ1) is 9.59. The Balaban J connectivity index is 2.32. The average Bonchev–Trinajstić information content (AvgIpc) is 2.29. The summed E-state index contributed by atoms with van der Waals surface area (Å²) in [7, 11) is 1.98. The zero-order valence-electron chi connectivity index (χ0n) is 8.59. The third-order valence-electron chi connectivity index (χ3n) is 2.36. The topological polar surface area (TPSA) is 23.5 Å². The lowest BCUT2D eigenvalue weighted by atomic mass is 10.2. The van der Waals surface area contributed by atoms with Crippen LogP contribution in [0.15, 0.2) is 54.6 Å². The first-order valence-electron chi connectivity index (χ1n) is 4.85. The number of phenolic OH excluding ortho intramolecular Hbond substituents is 1. The fraction of sp³-hybridized carbons (Fsp3) is 0.0769. The number of para-hydroxylation sites is 1. The fourth-order valence-electron chi connectivity index (χ4n) is 1.50. The van der Waals surface area contributed by atoms with Crippen LogP contribution in [0.5, 0.6) is 5.75 Å². The maximum atomic E-state index is 9.38. The van der Waals surface area contributed by atoms with Crippen molar-refractivity contribution in [3.8, 4) is 5.75 Å². The predicted molar refractivity (Wildman–Crippen MR) is 62.6 cm³/mol. The van der Waals surface area contributed by atoms with Gasteiger partial charge < -0.3 is 10.0 Å². The Morgan fingerprint density at radius 1 is 0.867 bits per heavy atom. The van der Waals surface area contributed by atoms with E-state index in [0.29, 0.717) is 0 Å². The molecule has 2 heteroatoms. The molecule has 0 unspecified atom stereocenters. The van der Waals surface area contributed by atoms with Crippen LogP contribution in [0.2, 0.25) is 0 Å². The third-order valence-corrected chi connectivity index (χ3v) is 2.36. The Morgan fingerprint density at radius 2 is 1.53 bits per heavy atom. The molecule has 0 heterocycles. The quantitative estimate of drug-likeness (QED) is 0.803. The van der Waals surface area contributed by atoms with Crippen LogP contribution in [0.25, 0.3) is 0 Å². The summed E-state index contributed by atoms with van der Waals surface area (Å²) in [6.45, 7) is 0. The lowest BCUT2D eigenvalue weighted by molar-refractivity contribution is 0.475. The zero-order chi connectivity index (χ0) is 10.7. The Labute approximate surface area is 89.4 Å². The van der Waals surface area contributed by atoms with Crippen molar-refractivity contribution in [1.82, 2.24) is 0 Å². The normalized spacial score (nSPS) is 9.93. The number of hydrogen-bond donors (Lipinski definition) is 1. The number of aromatic hydroxyl groups is 1. The minimum absolute atomic E-state index is 0.287. The number of hydrogen-bond acceptors (Lipinski definition) is 2. The van der Waals surface area contributed by atoms with Gasteiger partial charge in [-0.1, -0.05) is 24.3 Å². The van der Waals surface area contributed by atoms with Crippen LogP contribution in [0.1, 0.15) is 0 Å². The molecule has 0 radical (unpaired) electrons. The molecule has 0 aliphatic rings. The average molecular weight is 199 g/mol. The molecule has 0 aliphatic carbocycles. The van der Waals surface area contributed by atoms with Gasteiger partial charge >= 0.3 is 0 Å². The van der Waals surface area contributed by atoms with Gasteiger partial charge in [-0.3, -0.25) is 0 Å². The first-order chi connectivity index (χ1) is 7.27. The lowest BCUT2D eigenvalue weighted by Crippen LogP contribution is -2.08. The standard InChI is InChI=1S/C13H13NO/c1-14(11-6-3-2-4-7-11)12-8-5-9-13(15)10-12/h2-10,15H,1H3. The molecule has 0 bridgehead atoms. The van der Waals surface area contributed by atoms with Gasteiger partial charge in [-0.05, 0) is 24.3 Å². The van der Waals surface area contributed by atoms with Crippen molar-refractivity contribution in [3.05, 3.63) is 54.6 Å². The van der Waals surface area contributed by atoms with Gasteiger partial charge in [0.1, 0.15) is 5.75 Å². The molecule has 2 rings (SSSR count). The van der Waals surface area contributed by atoms with E-state index in [9.17, 15) is 5.11 Å². The fourth-order valence-corrected chi connectivity index (χ4v) is 1.50. The zero-order valence-corrected chi connectivity index (χ0v) is 8.59. The van der Waals surface area contributed by atoms with Gasteiger partial charge in [-0.25, -0.2) is 0 Å². The molecule has 0 saturated carbocycles. The molecule has 0 atom stereocenters. The Kier molecular flexibility index (Phi) is 2.59. The molecule has 76 valence electrons. The highest BCUT2D eigenvalue weighted by molar-refractivity contribution is 5.63. The Hall–Kier alpha value is -1.96. The molecule has 0 aromatic heterocycles. The maximum Gasteiger partial charge on any atom is 0.117 e. The van der Waals surface area contributed by atoms with E-state index < -0.39 is 0 Å². The van der Waals surface area contributed by atoms with E-state index in [1.165, 1.54) is 0 Å². The molecule has 2 aromatic rings. The summed E-state index contributed by atoms with van der Waals surface area (Å²) >= 11 is 0. The van der Waals surface area contributed by atoms with E-state index in [1.54, 1.807) is 12.1 Å². The summed E-state index contributed by atoms with van der Waals surface area (Å²) in [5.41, 5.74) is 2.07. The highest BCUT2D eigenvalue weighted by Crippen LogP contribution is 2.25. The monoisotopic (exact) mass is 199 g/mol. The largest absolute Gasteiger partial charge is 0.508 e. The Morgan fingerprint density at radius 3 is 2.20 bits per heavy atom. The van der Waals surface area contributed by atoms with Crippen LogP contribution < -0.4 is 4.90 Å². The van der Waals surface area contributed by atoms with Crippen molar-refractivity contribution >= 4 is 11.4 Å². The molecule has 0 saturated heterocycles. The van der Waals surface area contributed by atoms with Gasteiger partial charge in [-0.2, -0.15) is 0 Å².